The van der Waals surface area contributed by atoms with E-state index in [1.54, 1.807) is 0 Å². The number of carbonyl (C=O) groups is 3. The number of hydrogen-bond acceptors (Lipinski definition) is 13. The molecule has 0 fully saturated rings. The molecule has 3 atom stereocenters. The van der Waals surface area contributed by atoms with Gasteiger partial charge in [0.1, 0.15) is 46.8 Å². The van der Waals surface area contributed by atoms with Crippen molar-refractivity contribution in [1.82, 2.24) is 34.8 Å². The molecule has 0 aliphatic heterocycles. The first kappa shape index (κ1) is 61.8. The van der Waals surface area contributed by atoms with Gasteiger partial charge in [-0.15, -0.1) is 0 Å². The number of rotatable bonds is 18. The van der Waals surface area contributed by atoms with E-state index in [0.717, 1.165) is 54.6 Å². The molecule has 81 heavy (non-hydrogen) atoms. The Labute approximate surface area is 457 Å². The highest BCUT2D eigenvalue weighted by atomic mass is 35.5. The van der Waals surface area contributed by atoms with Crippen molar-refractivity contribution in [2.45, 2.75) is 81.2 Å². The van der Waals surface area contributed by atoms with E-state index in [1.807, 2.05) is 0 Å². The molecule has 2 aromatic carbocycles. The molecule has 0 radical (unpaired) electrons. The van der Waals surface area contributed by atoms with Crippen molar-refractivity contribution >= 4 is 73.9 Å². The molecule has 0 spiro atoms. The number of carbonyl (C=O) groups excluding carboxylic acids is 3. The van der Waals surface area contributed by atoms with Gasteiger partial charge in [-0.2, -0.15) is 49.6 Å². The normalized spacial score (nSPS) is 16.3. The zero-order valence-electron chi connectivity index (χ0n) is 42.3. The number of nitrogens with zero attached hydrogens (tertiary/aromatic N) is 7. The SMILES string of the molecule is CN(CCCC(=O)N(c1nn(CC(F)(F)F)c2c(-c3ccc(C#CC(C)(C)S(C)(=O)=O)nc3[C@H](Cc3cc(F)cc(F)c3)NC(=O)Cn3nc(C(F)(F)F)c4c3C(F)(F)[C@@H]3C#C[C@H]43)ccc(Cl)c12)S(C)(=O)=O)C(=O)OCOP(=O)(O)O. The van der Waals surface area contributed by atoms with Crippen LogP contribution in [0, 0.1) is 41.2 Å². The lowest BCUT2D eigenvalue weighted by molar-refractivity contribution is -0.143. The van der Waals surface area contributed by atoms with Gasteiger partial charge in [-0.3, -0.25) is 19.0 Å². The fraction of sp³-hybridized carbons (Fsp3) is 0.404. The number of alkyl halides is 8. The third kappa shape index (κ3) is 13.6. The molecule has 2 aliphatic carbocycles. The van der Waals surface area contributed by atoms with E-state index in [1.165, 1.54) is 13.8 Å². The van der Waals surface area contributed by atoms with Crippen molar-refractivity contribution in [3.05, 3.63) is 93.0 Å². The average molecular weight is 1230 g/mol. The monoisotopic (exact) mass is 1230 g/mol. The van der Waals surface area contributed by atoms with Gasteiger partial charge in [-0.05, 0) is 68.5 Å². The number of anilines is 1. The summed E-state index contributed by atoms with van der Waals surface area (Å²) in [6, 6.07) is 4.38. The first-order valence-electron chi connectivity index (χ1n) is 23.1. The number of sulfone groups is 1. The topological polar surface area (TPSA) is 263 Å². The van der Waals surface area contributed by atoms with E-state index < -0.39 is 194 Å². The Morgan fingerprint density at radius 1 is 0.963 bits per heavy atom. The number of aromatic nitrogens is 5. The second-order valence-electron chi connectivity index (χ2n) is 18.9. The van der Waals surface area contributed by atoms with Crippen LogP contribution >= 0.6 is 19.4 Å². The summed E-state index contributed by atoms with van der Waals surface area (Å²) in [5.74, 6) is -4.31. The van der Waals surface area contributed by atoms with E-state index in [-0.39, 0.29) is 30.5 Å². The van der Waals surface area contributed by atoms with Crippen LogP contribution in [0.3, 0.4) is 0 Å². The van der Waals surface area contributed by atoms with Crippen molar-refractivity contribution in [3.8, 4) is 34.8 Å². The number of phosphoric ester groups is 1. The Kier molecular flexibility index (Phi) is 16.9. The average Bonchev–Trinajstić information content (AvgIpc) is 3.77. The minimum absolute atomic E-state index is 0.0181. The maximum absolute atomic E-state index is 15.8. The van der Waals surface area contributed by atoms with Crippen molar-refractivity contribution in [2.75, 3.05) is 37.2 Å². The summed E-state index contributed by atoms with van der Waals surface area (Å²) in [4.78, 5) is 63.5. The quantitative estimate of drug-likeness (QED) is 0.0342. The van der Waals surface area contributed by atoms with Gasteiger partial charge in [0.15, 0.2) is 21.3 Å². The number of nitrogens with one attached hydrogen (secondary N) is 1. The zero-order valence-corrected chi connectivity index (χ0v) is 45.5. The third-order valence-electron chi connectivity index (χ3n) is 12.5. The Balaban J connectivity index is 1.41. The molecule has 3 aromatic heterocycles. The largest absolute Gasteiger partial charge is 0.472 e. The first-order valence-corrected chi connectivity index (χ1v) is 28.8. The first-order chi connectivity index (χ1) is 37.2. The standard InChI is InChI=1S/C47H42ClF10N8O12PS2/c1-44(2,80(4,73)74)15-14-27-8-9-28(38(59-27)33(19-24-17-25(49)20-26(50)18-24)60-34(67)21-64-41-36(40(61-64)47(56,57)58)30-10-12-31(30)46(41,54)55)29-11-13-32(48)37-39(29)65(22-45(51,52)53)62-42(37)66(81(5,75)76)35(68)7-6-16-63(3)43(69)77-23-78-79(70,71)72/h8-9,11,13,17-18,20,30-31,33H,6-7,16,19,21-23H2,1-5H3,(H,60,67)(H2,70,71,72)/t30-,31+,33-/m0/s1. The fourth-order valence-electron chi connectivity index (χ4n) is 8.57. The lowest BCUT2D eigenvalue weighted by atomic mass is 9.84. The molecule has 3 heterocycles. The number of amides is 3. The Hall–Kier alpha value is -6.80. The van der Waals surface area contributed by atoms with E-state index in [0.29, 0.717) is 12.3 Å². The van der Waals surface area contributed by atoms with Gasteiger partial charge in [-0.1, -0.05) is 35.4 Å². The van der Waals surface area contributed by atoms with Gasteiger partial charge in [0.05, 0.1) is 39.8 Å². The number of sulfonamides is 1. The van der Waals surface area contributed by atoms with E-state index >= 15 is 8.78 Å². The second kappa shape index (κ2) is 22.2. The summed E-state index contributed by atoms with van der Waals surface area (Å²) in [6.07, 6.45) is -12.4. The smallest absolute Gasteiger partial charge is 0.422 e. The van der Waals surface area contributed by atoms with E-state index in [4.69, 9.17) is 21.4 Å². The maximum atomic E-state index is 15.8. The van der Waals surface area contributed by atoms with E-state index in [9.17, 15) is 70.9 Å². The molecule has 0 saturated carbocycles. The third-order valence-corrected chi connectivity index (χ3v) is 16.2. The van der Waals surface area contributed by atoms with Crippen LogP contribution < -0.4 is 9.62 Å². The molecule has 0 unspecified atom stereocenters. The van der Waals surface area contributed by atoms with Crippen LogP contribution in [0.15, 0.2) is 42.5 Å². The van der Waals surface area contributed by atoms with Gasteiger partial charge in [0, 0.05) is 49.0 Å². The Morgan fingerprint density at radius 3 is 2.17 bits per heavy atom. The summed E-state index contributed by atoms with van der Waals surface area (Å²) in [5, 5.41) is 8.45. The van der Waals surface area contributed by atoms with Crippen LogP contribution in [-0.4, -0.2) is 118 Å². The molecular weight excluding hydrogens is 1190 g/mol. The second-order valence-corrected chi connectivity index (χ2v) is 24.9. The van der Waals surface area contributed by atoms with Crippen molar-refractivity contribution in [2.24, 2.45) is 5.92 Å². The number of fused-ring (bicyclic) bond motifs is 4. The number of phosphoric acid groups is 1. The van der Waals surface area contributed by atoms with Crippen molar-refractivity contribution in [1.29, 1.82) is 0 Å². The summed E-state index contributed by atoms with van der Waals surface area (Å²) in [6.45, 7) is -2.64. The number of pyridine rings is 1. The fourth-order valence-corrected chi connectivity index (χ4v) is 10.1. The molecule has 20 nitrogen and oxygen atoms in total. The Morgan fingerprint density at radius 2 is 1.60 bits per heavy atom. The van der Waals surface area contributed by atoms with Gasteiger partial charge >= 0.3 is 32.2 Å². The minimum atomic E-state index is -5.33. The number of ether oxygens (including phenoxy) is 1. The molecule has 0 bridgehead atoms. The van der Waals surface area contributed by atoms with Gasteiger partial charge < -0.3 is 24.7 Å². The van der Waals surface area contributed by atoms with Crippen LogP contribution in [0.4, 0.5) is 54.5 Å². The van der Waals surface area contributed by atoms with Crippen LogP contribution in [0.2, 0.25) is 5.02 Å². The minimum Gasteiger partial charge on any atom is -0.422 e. The molecule has 7 rings (SSSR count). The number of benzene rings is 2. The van der Waals surface area contributed by atoms with Gasteiger partial charge in [0.2, 0.25) is 28.6 Å². The van der Waals surface area contributed by atoms with Gasteiger partial charge in [-0.25, -0.2) is 44.5 Å². The highest BCUT2D eigenvalue weighted by Crippen LogP contribution is 2.58. The molecule has 5 aromatic rings. The van der Waals surface area contributed by atoms with Crippen LogP contribution in [0.1, 0.15) is 72.6 Å². The lowest BCUT2D eigenvalue weighted by Gasteiger charge is -2.24. The predicted octanol–water partition coefficient (Wildman–Crippen LogP) is 7.11. The number of halogens is 11. The summed E-state index contributed by atoms with van der Waals surface area (Å²) in [5.41, 5.74) is -6.74. The summed E-state index contributed by atoms with van der Waals surface area (Å²) >= 11 is 6.66. The van der Waals surface area contributed by atoms with Gasteiger partial charge in [0.25, 0.3) is 0 Å². The molecule has 3 N–H and O–H groups in total. The number of hydrogen-bond donors (Lipinski definition) is 3. The zero-order chi connectivity index (χ0) is 60.3. The van der Waals surface area contributed by atoms with Crippen molar-refractivity contribution in [3.63, 3.8) is 0 Å². The summed E-state index contributed by atoms with van der Waals surface area (Å²) in [7, 11) is -12.8. The lowest BCUT2D eigenvalue weighted by Crippen LogP contribution is -2.37. The molecule has 3 amide bonds. The Bertz CT molecular complexity index is 3790. The summed E-state index contributed by atoms with van der Waals surface area (Å²) < 4.78 is 219. The molecule has 436 valence electrons. The predicted molar refractivity (Wildman–Crippen MR) is 265 cm³/mol. The van der Waals surface area contributed by atoms with Crippen LogP contribution in [0.5, 0.6) is 0 Å². The molecule has 34 heteroatoms. The van der Waals surface area contributed by atoms with Crippen molar-refractivity contribution < 1.29 is 98.7 Å². The highest BCUT2D eigenvalue weighted by Gasteiger charge is 2.62. The molecular formula is C47H42ClF10N8O12PS2. The van der Waals surface area contributed by atoms with E-state index in [2.05, 4.69) is 53.4 Å². The highest BCUT2D eigenvalue weighted by molar-refractivity contribution is 7.93. The van der Waals surface area contributed by atoms with Crippen LogP contribution in [-0.2, 0) is 74.9 Å². The van der Waals surface area contributed by atoms with Crippen LogP contribution in [0.25, 0.3) is 22.0 Å². The molecule has 2 aliphatic rings. The maximum Gasteiger partial charge on any atom is 0.472 e. The molecule has 0 saturated heterocycles.